The molecule has 1 unspecified atom stereocenters. The first-order valence-electron chi connectivity index (χ1n) is 5.58. The summed E-state index contributed by atoms with van der Waals surface area (Å²) in [4.78, 5) is 5.74. The standard InChI is InChI=1S/C11H18N2OS/c1-8(4-5-14)12-6-10-7-13-11(15-10)9-2-3-9/h7-9,12,14H,2-6H2,1H3. The summed E-state index contributed by atoms with van der Waals surface area (Å²) < 4.78 is 0. The third kappa shape index (κ3) is 3.26. The predicted molar refractivity (Wildman–Crippen MR) is 62.1 cm³/mol. The van der Waals surface area contributed by atoms with Crippen LogP contribution in [0.4, 0.5) is 0 Å². The zero-order valence-corrected chi connectivity index (χ0v) is 9.89. The van der Waals surface area contributed by atoms with Crippen LogP contribution >= 0.6 is 11.3 Å². The smallest absolute Gasteiger partial charge is 0.0959 e. The molecule has 0 radical (unpaired) electrons. The van der Waals surface area contributed by atoms with Gasteiger partial charge in [-0.25, -0.2) is 4.98 Å². The van der Waals surface area contributed by atoms with E-state index in [2.05, 4.69) is 17.2 Å². The van der Waals surface area contributed by atoms with Crippen molar-refractivity contribution in [2.45, 2.75) is 44.7 Å². The molecular formula is C11H18N2OS. The topological polar surface area (TPSA) is 45.1 Å². The highest BCUT2D eigenvalue weighted by molar-refractivity contribution is 7.11. The summed E-state index contributed by atoms with van der Waals surface area (Å²) in [6.45, 7) is 3.23. The van der Waals surface area contributed by atoms with Crippen molar-refractivity contribution in [3.05, 3.63) is 16.1 Å². The van der Waals surface area contributed by atoms with Crippen molar-refractivity contribution in [2.75, 3.05) is 6.61 Å². The van der Waals surface area contributed by atoms with Gasteiger partial charge in [-0.05, 0) is 26.2 Å². The van der Waals surface area contributed by atoms with E-state index in [4.69, 9.17) is 5.11 Å². The number of aromatic nitrogens is 1. The van der Waals surface area contributed by atoms with E-state index in [0.29, 0.717) is 6.04 Å². The number of thiazole rings is 1. The van der Waals surface area contributed by atoms with Crippen LogP contribution in [0.1, 0.15) is 42.0 Å². The lowest BCUT2D eigenvalue weighted by atomic mass is 10.2. The van der Waals surface area contributed by atoms with E-state index in [1.165, 1.54) is 22.7 Å². The van der Waals surface area contributed by atoms with Crippen LogP contribution in [0.5, 0.6) is 0 Å². The van der Waals surface area contributed by atoms with Gasteiger partial charge >= 0.3 is 0 Å². The van der Waals surface area contributed by atoms with E-state index in [-0.39, 0.29) is 6.61 Å². The Balaban J connectivity index is 1.77. The monoisotopic (exact) mass is 226 g/mol. The van der Waals surface area contributed by atoms with Crippen molar-refractivity contribution < 1.29 is 5.11 Å². The van der Waals surface area contributed by atoms with Crippen LogP contribution in [0.25, 0.3) is 0 Å². The molecule has 2 N–H and O–H groups in total. The molecule has 4 heteroatoms. The largest absolute Gasteiger partial charge is 0.396 e. The Kier molecular flexibility index (Phi) is 3.72. The number of aliphatic hydroxyl groups is 1. The molecular weight excluding hydrogens is 208 g/mol. The number of aliphatic hydroxyl groups excluding tert-OH is 1. The molecule has 15 heavy (non-hydrogen) atoms. The maximum absolute atomic E-state index is 8.77. The van der Waals surface area contributed by atoms with E-state index in [1.54, 1.807) is 0 Å². The van der Waals surface area contributed by atoms with E-state index < -0.39 is 0 Å². The number of hydrogen-bond acceptors (Lipinski definition) is 4. The van der Waals surface area contributed by atoms with Crippen LogP contribution in [-0.4, -0.2) is 22.7 Å². The van der Waals surface area contributed by atoms with Gasteiger partial charge in [0.2, 0.25) is 0 Å². The van der Waals surface area contributed by atoms with Crippen LogP contribution in [0.15, 0.2) is 6.20 Å². The number of nitrogens with one attached hydrogen (secondary N) is 1. The molecule has 0 aliphatic heterocycles. The first-order valence-corrected chi connectivity index (χ1v) is 6.40. The zero-order valence-electron chi connectivity index (χ0n) is 9.07. The maximum Gasteiger partial charge on any atom is 0.0959 e. The average Bonchev–Trinajstić information content (AvgIpc) is 2.96. The Bertz CT molecular complexity index is 309. The molecule has 1 aromatic heterocycles. The lowest BCUT2D eigenvalue weighted by Gasteiger charge is -2.10. The summed E-state index contributed by atoms with van der Waals surface area (Å²) in [5.41, 5.74) is 0. The first kappa shape index (κ1) is 11.0. The summed E-state index contributed by atoms with van der Waals surface area (Å²) in [6, 6.07) is 0.376. The quantitative estimate of drug-likeness (QED) is 0.778. The Morgan fingerprint density at radius 3 is 3.13 bits per heavy atom. The molecule has 1 aliphatic carbocycles. The van der Waals surface area contributed by atoms with Crippen molar-refractivity contribution >= 4 is 11.3 Å². The fourth-order valence-electron chi connectivity index (χ4n) is 1.49. The van der Waals surface area contributed by atoms with Gasteiger partial charge < -0.3 is 10.4 Å². The van der Waals surface area contributed by atoms with Gasteiger partial charge in [-0.3, -0.25) is 0 Å². The van der Waals surface area contributed by atoms with Gasteiger partial charge in [0.25, 0.3) is 0 Å². The molecule has 0 amide bonds. The second-order valence-corrected chi connectivity index (χ2v) is 5.38. The average molecular weight is 226 g/mol. The first-order chi connectivity index (χ1) is 7.29. The van der Waals surface area contributed by atoms with Gasteiger partial charge in [-0.15, -0.1) is 11.3 Å². The van der Waals surface area contributed by atoms with Gasteiger partial charge in [-0.2, -0.15) is 0 Å². The number of nitrogens with zero attached hydrogens (tertiary/aromatic N) is 1. The van der Waals surface area contributed by atoms with Gasteiger partial charge in [-0.1, -0.05) is 0 Å². The summed E-state index contributed by atoms with van der Waals surface area (Å²) in [6.07, 6.45) is 5.44. The molecule has 1 heterocycles. The highest BCUT2D eigenvalue weighted by Gasteiger charge is 2.26. The Morgan fingerprint density at radius 2 is 2.47 bits per heavy atom. The number of rotatable bonds is 6. The summed E-state index contributed by atoms with van der Waals surface area (Å²) in [7, 11) is 0. The lowest BCUT2D eigenvalue weighted by Crippen LogP contribution is -2.25. The molecule has 1 atom stereocenters. The Hall–Kier alpha value is -0.450. The van der Waals surface area contributed by atoms with Crippen LogP contribution in [0.3, 0.4) is 0 Å². The Labute approximate surface area is 94.5 Å². The van der Waals surface area contributed by atoms with E-state index >= 15 is 0 Å². The molecule has 1 fully saturated rings. The van der Waals surface area contributed by atoms with E-state index in [9.17, 15) is 0 Å². The highest BCUT2D eigenvalue weighted by atomic mass is 32.1. The Morgan fingerprint density at radius 1 is 1.67 bits per heavy atom. The van der Waals surface area contributed by atoms with Crippen molar-refractivity contribution in [3.63, 3.8) is 0 Å². The summed E-state index contributed by atoms with van der Waals surface area (Å²) >= 11 is 1.83. The molecule has 0 bridgehead atoms. The van der Waals surface area contributed by atoms with Crippen LogP contribution in [0.2, 0.25) is 0 Å². The molecule has 1 aromatic rings. The lowest BCUT2D eigenvalue weighted by molar-refractivity contribution is 0.269. The summed E-state index contributed by atoms with van der Waals surface area (Å²) in [5, 5.41) is 13.5. The molecule has 1 aliphatic rings. The second kappa shape index (κ2) is 5.05. The van der Waals surface area contributed by atoms with E-state index in [1.807, 2.05) is 17.5 Å². The number of hydrogen-bond donors (Lipinski definition) is 2. The minimum atomic E-state index is 0.254. The van der Waals surface area contributed by atoms with Gasteiger partial charge in [0.1, 0.15) is 0 Å². The van der Waals surface area contributed by atoms with Crippen LogP contribution in [0, 0.1) is 0 Å². The van der Waals surface area contributed by atoms with Gasteiger partial charge in [0.05, 0.1) is 5.01 Å². The molecule has 0 saturated heterocycles. The van der Waals surface area contributed by atoms with Crippen molar-refractivity contribution in [1.82, 2.24) is 10.3 Å². The van der Waals surface area contributed by atoms with Gasteiger partial charge in [0, 0.05) is 36.2 Å². The normalized spacial score (nSPS) is 18.0. The van der Waals surface area contributed by atoms with E-state index in [0.717, 1.165) is 18.9 Å². The fourth-order valence-corrected chi connectivity index (χ4v) is 2.53. The SMILES string of the molecule is CC(CCO)NCc1cnc(C2CC2)s1. The maximum atomic E-state index is 8.77. The fraction of sp³-hybridized carbons (Fsp3) is 0.727. The van der Waals surface area contributed by atoms with Crippen molar-refractivity contribution in [3.8, 4) is 0 Å². The second-order valence-electron chi connectivity index (χ2n) is 4.23. The van der Waals surface area contributed by atoms with Crippen molar-refractivity contribution in [2.24, 2.45) is 0 Å². The summed E-state index contributed by atoms with van der Waals surface area (Å²) in [5.74, 6) is 0.763. The zero-order chi connectivity index (χ0) is 10.7. The third-order valence-corrected chi connectivity index (χ3v) is 3.84. The van der Waals surface area contributed by atoms with Crippen LogP contribution in [-0.2, 0) is 6.54 Å². The molecule has 0 aromatic carbocycles. The van der Waals surface area contributed by atoms with Gasteiger partial charge in [0.15, 0.2) is 0 Å². The minimum Gasteiger partial charge on any atom is -0.396 e. The molecule has 3 nitrogen and oxygen atoms in total. The molecule has 84 valence electrons. The van der Waals surface area contributed by atoms with Crippen LogP contribution < -0.4 is 5.32 Å². The highest BCUT2D eigenvalue weighted by Crippen LogP contribution is 2.41. The predicted octanol–water partition coefficient (Wildman–Crippen LogP) is 1.88. The molecule has 2 rings (SSSR count). The van der Waals surface area contributed by atoms with Crippen molar-refractivity contribution in [1.29, 1.82) is 0 Å². The molecule has 0 spiro atoms. The minimum absolute atomic E-state index is 0.254. The third-order valence-electron chi connectivity index (χ3n) is 2.68. The molecule has 1 saturated carbocycles.